The third kappa shape index (κ3) is 1.63. The Bertz CT molecular complexity index is 323. The number of nitrogens with zero attached hydrogens (tertiary/aromatic N) is 1. The zero-order chi connectivity index (χ0) is 10.0. The maximum absolute atomic E-state index is 12.7. The smallest absolute Gasteiger partial charge is 0.280 e. The second kappa shape index (κ2) is 3.46. The molecule has 1 aromatic heterocycles. The lowest BCUT2D eigenvalue weighted by Crippen LogP contribution is -2.20. The van der Waals surface area contributed by atoms with E-state index in [-0.39, 0.29) is 0 Å². The van der Waals surface area contributed by atoms with Crippen molar-refractivity contribution >= 4 is 5.91 Å². The van der Waals surface area contributed by atoms with Crippen LogP contribution in [0.15, 0.2) is 0 Å². The van der Waals surface area contributed by atoms with Gasteiger partial charge in [-0.15, -0.1) is 5.10 Å². The molecule has 0 aromatic carbocycles. The minimum absolute atomic E-state index is 0.738. The summed E-state index contributed by atoms with van der Waals surface area (Å²) in [5.74, 6) is -2.16. The van der Waals surface area contributed by atoms with Gasteiger partial charge in [0.05, 0.1) is 0 Å². The molecule has 0 atom stereocenters. The maximum Gasteiger partial charge on any atom is 0.280 e. The molecule has 0 bridgehead atoms. The number of nitrogens with one attached hydrogen (secondary N) is 2. The van der Waals surface area contributed by atoms with Crippen LogP contribution in [0.5, 0.6) is 0 Å². The Labute approximate surface area is 71.1 Å². The first-order chi connectivity index (χ1) is 6.07. The molecular weight excluding hydrogens is 187 g/mol. The molecule has 72 valence electrons. The molecule has 0 aliphatic heterocycles. The summed E-state index contributed by atoms with van der Waals surface area (Å²) in [5.41, 5.74) is -1.55. The molecule has 7 heteroatoms. The normalized spacial score (nSPS) is 10.5. The molecule has 0 fully saturated rings. The summed E-state index contributed by atoms with van der Waals surface area (Å²) >= 11 is 0. The fraction of sp³-hybridized carbons (Fsp3) is 0.333. The van der Waals surface area contributed by atoms with Crippen molar-refractivity contribution in [1.82, 2.24) is 15.5 Å². The minimum atomic E-state index is -2.95. The Balaban J connectivity index is 3.16. The lowest BCUT2D eigenvalue weighted by molar-refractivity contribution is 0.0944. The molecule has 1 heterocycles. The Morgan fingerprint density at radius 2 is 2.23 bits per heavy atom. The standard InChI is InChI=1S/C6H6F3N3O/c1-10-6(13)2-3(4(7)8)11-12-5(2)9/h4H,1H3,(H,10,13)(H,11,12). The SMILES string of the molecule is CNC(=O)c1c(F)n[nH]c1C(F)F. The van der Waals surface area contributed by atoms with E-state index in [9.17, 15) is 18.0 Å². The highest BCUT2D eigenvalue weighted by atomic mass is 19.3. The summed E-state index contributed by atoms with van der Waals surface area (Å²) in [6, 6.07) is 0. The molecule has 0 unspecified atom stereocenters. The molecule has 1 rings (SSSR count). The fourth-order valence-electron chi connectivity index (χ4n) is 0.831. The van der Waals surface area contributed by atoms with Gasteiger partial charge in [0.2, 0.25) is 5.95 Å². The lowest BCUT2D eigenvalue weighted by Gasteiger charge is -1.99. The van der Waals surface area contributed by atoms with E-state index < -0.39 is 29.5 Å². The van der Waals surface area contributed by atoms with Gasteiger partial charge < -0.3 is 5.32 Å². The average Bonchev–Trinajstić information content (AvgIpc) is 2.46. The number of hydrogen-bond acceptors (Lipinski definition) is 2. The first-order valence-corrected chi connectivity index (χ1v) is 3.32. The third-order valence-corrected chi connectivity index (χ3v) is 1.42. The number of carbonyl (C=O) groups excluding carboxylic acids is 1. The van der Waals surface area contributed by atoms with Crippen molar-refractivity contribution in [1.29, 1.82) is 0 Å². The Morgan fingerprint density at radius 1 is 1.62 bits per heavy atom. The van der Waals surface area contributed by atoms with Gasteiger partial charge >= 0.3 is 0 Å². The highest BCUT2D eigenvalue weighted by Gasteiger charge is 2.25. The monoisotopic (exact) mass is 193 g/mol. The Morgan fingerprint density at radius 3 is 2.69 bits per heavy atom. The summed E-state index contributed by atoms with van der Waals surface area (Å²) in [7, 11) is 1.21. The van der Waals surface area contributed by atoms with Gasteiger partial charge in [-0.3, -0.25) is 9.89 Å². The number of alkyl halides is 2. The van der Waals surface area contributed by atoms with E-state index in [1.807, 2.05) is 5.32 Å². The molecule has 0 spiro atoms. The van der Waals surface area contributed by atoms with Gasteiger partial charge in [-0.25, -0.2) is 8.78 Å². The van der Waals surface area contributed by atoms with Crippen LogP contribution in [0.4, 0.5) is 13.2 Å². The van der Waals surface area contributed by atoms with Crippen LogP contribution in [-0.4, -0.2) is 23.2 Å². The van der Waals surface area contributed by atoms with Crippen molar-refractivity contribution in [2.45, 2.75) is 6.43 Å². The van der Waals surface area contributed by atoms with E-state index >= 15 is 0 Å². The molecule has 4 nitrogen and oxygen atoms in total. The van der Waals surface area contributed by atoms with Crippen LogP contribution in [0, 0.1) is 5.95 Å². The molecule has 13 heavy (non-hydrogen) atoms. The zero-order valence-electron chi connectivity index (χ0n) is 6.57. The van der Waals surface area contributed by atoms with Crippen LogP contribution in [-0.2, 0) is 0 Å². The predicted octanol–water partition coefficient (Wildman–Crippen LogP) is 0.846. The van der Waals surface area contributed by atoms with Crippen LogP contribution in [0.1, 0.15) is 22.5 Å². The molecule has 0 aliphatic carbocycles. The summed E-state index contributed by atoms with van der Waals surface area (Å²) in [6.45, 7) is 0. The van der Waals surface area contributed by atoms with Gasteiger partial charge in [0.15, 0.2) is 0 Å². The average molecular weight is 193 g/mol. The Hall–Kier alpha value is -1.53. The van der Waals surface area contributed by atoms with Crippen molar-refractivity contribution in [2.24, 2.45) is 0 Å². The van der Waals surface area contributed by atoms with Gasteiger partial charge in [-0.05, 0) is 0 Å². The molecule has 0 radical (unpaired) electrons. The van der Waals surface area contributed by atoms with Crippen LogP contribution >= 0.6 is 0 Å². The number of aromatic nitrogens is 2. The van der Waals surface area contributed by atoms with Gasteiger partial charge in [0, 0.05) is 7.05 Å². The number of aromatic amines is 1. The maximum atomic E-state index is 12.7. The highest BCUT2D eigenvalue weighted by Crippen LogP contribution is 2.21. The van der Waals surface area contributed by atoms with Crippen molar-refractivity contribution in [2.75, 3.05) is 7.05 Å². The number of H-pyrrole nitrogens is 1. The summed E-state index contributed by atoms with van der Waals surface area (Å²) in [6.07, 6.45) is -2.95. The van der Waals surface area contributed by atoms with E-state index in [2.05, 4.69) is 5.10 Å². The van der Waals surface area contributed by atoms with Gasteiger partial charge in [0.1, 0.15) is 11.3 Å². The fourth-order valence-corrected chi connectivity index (χ4v) is 0.831. The predicted molar refractivity (Wildman–Crippen MR) is 36.9 cm³/mol. The van der Waals surface area contributed by atoms with Crippen LogP contribution in [0.3, 0.4) is 0 Å². The molecule has 2 N–H and O–H groups in total. The lowest BCUT2D eigenvalue weighted by atomic mass is 10.2. The third-order valence-electron chi connectivity index (χ3n) is 1.42. The van der Waals surface area contributed by atoms with Crippen molar-refractivity contribution in [3.63, 3.8) is 0 Å². The second-order valence-electron chi connectivity index (χ2n) is 2.18. The number of amides is 1. The van der Waals surface area contributed by atoms with Crippen molar-refractivity contribution < 1.29 is 18.0 Å². The zero-order valence-corrected chi connectivity index (χ0v) is 6.57. The van der Waals surface area contributed by atoms with Crippen LogP contribution in [0.25, 0.3) is 0 Å². The number of rotatable bonds is 2. The van der Waals surface area contributed by atoms with E-state index in [1.54, 1.807) is 5.10 Å². The minimum Gasteiger partial charge on any atom is -0.355 e. The quantitative estimate of drug-likeness (QED) is 0.731. The van der Waals surface area contributed by atoms with Crippen LogP contribution < -0.4 is 5.32 Å². The molecule has 0 saturated heterocycles. The molecule has 1 amide bonds. The highest BCUT2D eigenvalue weighted by molar-refractivity contribution is 5.95. The van der Waals surface area contributed by atoms with E-state index in [1.165, 1.54) is 7.05 Å². The van der Waals surface area contributed by atoms with Gasteiger partial charge in [-0.1, -0.05) is 0 Å². The topological polar surface area (TPSA) is 57.8 Å². The van der Waals surface area contributed by atoms with E-state index in [4.69, 9.17) is 0 Å². The first kappa shape index (κ1) is 9.56. The largest absolute Gasteiger partial charge is 0.355 e. The molecule has 1 aromatic rings. The summed E-state index contributed by atoms with van der Waals surface area (Å²) in [5, 5.41) is 6.66. The number of carbonyl (C=O) groups is 1. The summed E-state index contributed by atoms with van der Waals surface area (Å²) < 4.78 is 36.9. The van der Waals surface area contributed by atoms with E-state index in [0.29, 0.717) is 0 Å². The van der Waals surface area contributed by atoms with Crippen molar-refractivity contribution in [3.8, 4) is 0 Å². The van der Waals surface area contributed by atoms with Crippen molar-refractivity contribution in [3.05, 3.63) is 17.2 Å². The molecule has 0 saturated carbocycles. The summed E-state index contributed by atoms with van der Waals surface area (Å²) in [4.78, 5) is 10.9. The van der Waals surface area contributed by atoms with E-state index in [0.717, 1.165) is 0 Å². The van der Waals surface area contributed by atoms with Crippen LogP contribution in [0.2, 0.25) is 0 Å². The van der Waals surface area contributed by atoms with Gasteiger partial charge in [0.25, 0.3) is 12.3 Å². The molecular formula is C6H6F3N3O. The van der Waals surface area contributed by atoms with Gasteiger partial charge in [-0.2, -0.15) is 4.39 Å². The Kier molecular flexibility index (Phi) is 2.54. The first-order valence-electron chi connectivity index (χ1n) is 3.32. The molecule has 0 aliphatic rings. The number of hydrogen-bond donors (Lipinski definition) is 2. The second-order valence-corrected chi connectivity index (χ2v) is 2.18. The number of halogens is 3.